The van der Waals surface area contributed by atoms with E-state index >= 15 is 0 Å². The van der Waals surface area contributed by atoms with Crippen LogP contribution in [0, 0.1) is 11.8 Å². The maximum Gasteiger partial charge on any atom is 0.394 e. The summed E-state index contributed by atoms with van der Waals surface area (Å²) in [7, 11) is 2.42. The third-order valence-corrected chi connectivity index (χ3v) is 3.83. The highest BCUT2D eigenvalue weighted by Gasteiger charge is 2.52. The van der Waals surface area contributed by atoms with Crippen molar-refractivity contribution >= 4 is 17.8 Å². The standard InChI is InChI=1S/C14H15F3N2O5/c1-23-11-7(13(22)24-2)3-4-10(18-11)19-5-8(12(20)21)9(6-19)14(15,16)17/h3-4,8-9H,5-6H2,1-2H3,(H,20,21)/t8-,9-/m1/s1. The molecule has 0 bridgehead atoms. The van der Waals surface area contributed by atoms with Gasteiger partial charge in [0.1, 0.15) is 11.4 Å². The highest BCUT2D eigenvalue weighted by Crippen LogP contribution is 2.39. The van der Waals surface area contributed by atoms with E-state index in [-0.39, 0.29) is 23.8 Å². The van der Waals surface area contributed by atoms with Gasteiger partial charge < -0.3 is 19.5 Å². The zero-order chi connectivity index (χ0) is 18.1. The fourth-order valence-electron chi connectivity index (χ4n) is 2.60. The lowest BCUT2D eigenvalue weighted by atomic mass is 9.96. The minimum atomic E-state index is -4.63. The average Bonchev–Trinajstić information content (AvgIpc) is 2.99. The molecule has 0 saturated carbocycles. The SMILES string of the molecule is COC(=O)c1ccc(N2C[C@@H](C(F)(F)F)[C@H](C(=O)O)C2)nc1OC. The van der Waals surface area contributed by atoms with E-state index < -0.39 is 36.5 Å². The fourth-order valence-corrected chi connectivity index (χ4v) is 2.60. The number of carboxylic acids is 1. The van der Waals surface area contributed by atoms with Crippen LogP contribution in [0.3, 0.4) is 0 Å². The monoisotopic (exact) mass is 348 g/mol. The molecule has 1 N–H and O–H groups in total. The van der Waals surface area contributed by atoms with Crippen LogP contribution in [0.4, 0.5) is 19.0 Å². The molecule has 0 unspecified atom stereocenters. The fraction of sp³-hybridized carbons (Fsp3) is 0.500. The Labute approximate surface area is 135 Å². The minimum absolute atomic E-state index is 0.0186. The molecule has 1 aliphatic rings. The van der Waals surface area contributed by atoms with Crippen LogP contribution in [0.25, 0.3) is 0 Å². The number of rotatable bonds is 4. The zero-order valence-corrected chi connectivity index (χ0v) is 12.8. The van der Waals surface area contributed by atoms with E-state index in [1.54, 1.807) is 0 Å². The molecule has 1 aromatic heterocycles. The van der Waals surface area contributed by atoms with Gasteiger partial charge in [0.15, 0.2) is 0 Å². The summed E-state index contributed by atoms with van der Waals surface area (Å²) in [6, 6.07) is 2.64. The number of aromatic nitrogens is 1. The van der Waals surface area contributed by atoms with Gasteiger partial charge in [0, 0.05) is 13.1 Å². The predicted octanol–water partition coefficient (Wildman–Crippen LogP) is 1.58. The van der Waals surface area contributed by atoms with Gasteiger partial charge in [-0.25, -0.2) is 4.79 Å². The predicted molar refractivity (Wildman–Crippen MR) is 75.0 cm³/mol. The lowest BCUT2D eigenvalue weighted by molar-refractivity contribution is -0.187. The van der Waals surface area contributed by atoms with Crippen LogP contribution in [0.5, 0.6) is 5.88 Å². The molecule has 132 valence electrons. The van der Waals surface area contributed by atoms with Gasteiger partial charge in [-0.1, -0.05) is 0 Å². The summed E-state index contributed by atoms with van der Waals surface area (Å²) in [5, 5.41) is 9.03. The van der Waals surface area contributed by atoms with Crippen molar-refractivity contribution in [3.63, 3.8) is 0 Å². The summed E-state index contributed by atoms with van der Waals surface area (Å²) in [5.74, 6) is -5.82. The number of aliphatic carboxylic acids is 1. The van der Waals surface area contributed by atoms with Crippen molar-refractivity contribution in [2.24, 2.45) is 11.8 Å². The van der Waals surface area contributed by atoms with Crippen molar-refractivity contribution < 1.29 is 37.3 Å². The van der Waals surface area contributed by atoms with Gasteiger partial charge in [0.05, 0.1) is 26.1 Å². The van der Waals surface area contributed by atoms with Crippen molar-refractivity contribution in [3.05, 3.63) is 17.7 Å². The number of anilines is 1. The van der Waals surface area contributed by atoms with Crippen molar-refractivity contribution in [2.45, 2.75) is 6.18 Å². The number of pyridine rings is 1. The Hall–Kier alpha value is -2.52. The number of hydrogen-bond acceptors (Lipinski definition) is 6. The molecule has 2 atom stereocenters. The molecule has 0 aliphatic carbocycles. The lowest BCUT2D eigenvalue weighted by Crippen LogP contribution is -2.33. The Bertz CT molecular complexity index is 650. The number of hydrogen-bond donors (Lipinski definition) is 1. The highest BCUT2D eigenvalue weighted by molar-refractivity contribution is 5.92. The summed E-state index contributed by atoms with van der Waals surface area (Å²) in [4.78, 5) is 27.9. The Balaban J connectivity index is 2.32. The number of ether oxygens (including phenoxy) is 2. The Morgan fingerprint density at radius 1 is 1.29 bits per heavy atom. The molecule has 1 saturated heterocycles. The summed E-state index contributed by atoms with van der Waals surface area (Å²) < 4.78 is 48.6. The van der Waals surface area contributed by atoms with Crippen LogP contribution in [-0.2, 0) is 9.53 Å². The summed E-state index contributed by atoms with van der Waals surface area (Å²) >= 11 is 0. The van der Waals surface area contributed by atoms with Crippen LogP contribution in [0.15, 0.2) is 12.1 Å². The molecule has 1 aromatic rings. The smallest absolute Gasteiger partial charge is 0.394 e. The molecule has 1 fully saturated rings. The van der Waals surface area contributed by atoms with E-state index in [0.717, 1.165) is 0 Å². The van der Waals surface area contributed by atoms with Gasteiger partial charge in [-0.2, -0.15) is 18.2 Å². The average molecular weight is 348 g/mol. The second-order valence-electron chi connectivity index (χ2n) is 5.22. The van der Waals surface area contributed by atoms with Crippen LogP contribution in [-0.4, -0.2) is 55.5 Å². The van der Waals surface area contributed by atoms with Crippen molar-refractivity contribution in [1.82, 2.24) is 4.98 Å². The first-order valence-corrected chi connectivity index (χ1v) is 6.86. The van der Waals surface area contributed by atoms with Crippen LogP contribution < -0.4 is 9.64 Å². The molecule has 0 spiro atoms. The first-order chi connectivity index (χ1) is 11.2. The lowest BCUT2D eigenvalue weighted by Gasteiger charge is -2.19. The molecule has 2 rings (SSSR count). The van der Waals surface area contributed by atoms with Gasteiger partial charge in [0.25, 0.3) is 0 Å². The molecule has 0 radical (unpaired) electrons. The van der Waals surface area contributed by atoms with Crippen LogP contribution >= 0.6 is 0 Å². The highest BCUT2D eigenvalue weighted by atomic mass is 19.4. The number of methoxy groups -OCH3 is 2. The molecule has 0 aromatic carbocycles. The van der Waals surface area contributed by atoms with E-state index in [0.29, 0.717) is 0 Å². The van der Waals surface area contributed by atoms with Gasteiger partial charge in [-0.05, 0) is 12.1 Å². The van der Waals surface area contributed by atoms with E-state index in [1.807, 2.05) is 0 Å². The number of carbonyl (C=O) groups excluding carboxylic acids is 1. The molecule has 0 amide bonds. The van der Waals surface area contributed by atoms with Crippen molar-refractivity contribution in [1.29, 1.82) is 0 Å². The number of carboxylic acid groups (broad SMARTS) is 1. The Morgan fingerprint density at radius 2 is 1.96 bits per heavy atom. The summed E-state index contributed by atoms with van der Waals surface area (Å²) in [6.45, 7) is -0.874. The number of halogens is 3. The van der Waals surface area contributed by atoms with Crippen LogP contribution in [0.1, 0.15) is 10.4 Å². The maximum atomic E-state index is 13.0. The molecule has 24 heavy (non-hydrogen) atoms. The summed E-state index contributed by atoms with van der Waals surface area (Å²) in [5.41, 5.74) is 0.0186. The molecule has 10 heteroatoms. The second kappa shape index (κ2) is 6.54. The largest absolute Gasteiger partial charge is 0.481 e. The molecular weight excluding hydrogens is 333 g/mol. The topological polar surface area (TPSA) is 89.0 Å². The molecular formula is C14H15F3N2O5. The number of carbonyl (C=O) groups is 2. The zero-order valence-electron chi connectivity index (χ0n) is 12.8. The third kappa shape index (κ3) is 3.36. The van der Waals surface area contributed by atoms with Gasteiger partial charge in [-0.15, -0.1) is 0 Å². The number of alkyl halides is 3. The Morgan fingerprint density at radius 3 is 2.42 bits per heavy atom. The molecule has 1 aliphatic heterocycles. The number of nitrogens with zero attached hydrogens (tertiary/aromatic N) is 2. The molecule has 7 nitrogen and oxygen atoms in total. The van der Waals surface area contributed by atoms with Crippen LogP contribution in [0.2, 0.25) is 0 Å². The van der Waals surface area contributed by atoms with Crippen molar-refractivity contribution in [2.75, 3.05) is 32.2 Å². The molecule has 2 heterocycles. The third-order valence-electron chi connectivity index (χ3n) is 3.83. The van der Waals surface area contributed by atoms with E-state index in [1.165, 1.54) is 31.3 Å². The van der Waals surface area contributed by atoms with Crippen molar-refractivity contribution in [3.8, 4) is 5.88 Å². The first kappa shape index (κ1) is 17.8. The number of esters is 1. The van der Waals surface area contributed by atoms with Gasteiger partial charge in [0.2, 0.25) is 5.88 Å². The van der Waals surface area contributed by atoms with E-state index in [2.05, 4.69) is 9.72 Å². The minimum Gasteiger partial charge on any atom is -0.481 e. The van der Waals surface area contributed by atoms with E-state index in [4.69, 9.17) is 9.84 Å². The Kier molecular flexibility index (Phi) is 4.86. The first-order valence-electron chi connectivity index (χ1n) is 6.86. The van der Waals surface area contributed by atoms with E-state index in [9.17, 15) is 22.8 Å². The van der Waals surface area contributed by atoms with Gasteiger partial charge in [-0.3, -0.25) is 4.79 Å². The quantitative estimate of drug-likeness (QED) is 0.826. The normalized spacial score (nSPS) is 20.8. The van der Waals surface area contributed by atoms with Gasteiger partial charge >= 0.3 is 18.1 Å². The second-order valence-corrected chi connectivity index (χ2v) is 5.22. The maximum absolute atomic E-state index is 13.0. The summed E-state index contributed by atoms with van der Waals surface area (Å²) in [6.07, 6.45) is -4.63.